The fourth-order valence-corrected chi connectivity index (χ4v) is 13.4. The molecular formula is C61H62BN3. The van der Waals surface area contributed by atoms with Crippen molar-refractivity contribution < 1.29 is 0 Å². The lowest BCUT2D eigenvalue weighted by atomic mass is 9.28. The smallest absolute Gasteiger partial charge is 0.252 e. The number of fused-ring (bicyclic) bond motifs is 3. The monoisotopic (exact) mass is 848 g/mol. The maximum atomic E-state index is 2.79. The summed E-state index contributed by atoms with van der Waals surface area (Å²) in [6, 6.07) is 57.1. The summed E-state index contributed by atoms with van der Waals surface area (Å²) in [6.07, 6.45) is 4.85. The largest absolute Gasteiger partial charge is 0.334 e. The van der Waals surface area contributed by atoms with Gasteiger partial charge in [0.15, 0.2) is 0 Å². The molecule has 0 N–H and O–H groups in total. The van der Waals surface area contributed by atoms with Crippen LogP contribution in [0.2, 0.25) is 0 Å². The van der Waals surface area contributed by atoms with E-state index in [-0.39, 0.29) is 28.5 Å². The van der Waals surface area contributed by atoms with Gasteiger partial charge in [-0.3, -0.25) is 0 Å². The van der Waals surface area contributed by atoms with Gasteiger partial charge in [0.25, 0.3) is 6.71 Å². The van der Waals surface area contributed by atoms with Crippen LogP contribution >= 0.6 is 0 Å². The third-order valence-electron chi connectivity index (χ3n) is 17.0. The highest BCUT2D eigenvalue weighted by atomic mass is 15.3. The van der Waals surface area contributed by atoms with Gasteiger partial charge < -0.3 is 14.7 Å². The number of aryl methyl sites for hydroxylation is 1. The molecule has 0 saturated heterocycles. The number of para-hydroxylation sites is 1. The Kier molecular flexibility index (Phi) is 8.44. The molecule has 1 saturated carbocycles. The van der Waals surface area contributed by atoms with E-state index in [2.05, 4.69) is 230 Å². The number of rotatable bonds is 4. The first-order chi connectivity index (χ1) is 31.0. The van der Waals surface area contributed by atoms with Gasteiger partial charge in [-0.25, -0.2) is 0 Å². The van der Waals surface area contributed by atoms with Crippen LogP contribution in [0.1, 0.15) is 127 Å². The molecule has 0 aromatic heterocycles. The zero-order valence-corrected chi connectivity index (χ0v) is 40.1. The van der Waals surface area contributed by atoms with Crippen molar-refractivity contribution in [2.45, 2.75) is 122 Å². The van der Waals surface area contributed by atoms with Gasteiger partial charge in [0, 0.05) is 56.3 Å². The first-order valence-corrected chi connectivity index (χ1v) is 24.3. The number of benzene rings is 7. The van der Waals surface area contributed by atoms with Crippen LogP contribution in [0.15, 0.2) is 146 Å². The normalized spacial score (nSPS) is 22.4. The molecule has 0 radical (unpaired) electrons. The minimum absolute atomic E-state index is 0.0330. The first kappa shape index (κ1) is 40.5. The van der Waals surface area contributed by atoms with Crippen LogP contribution in [-0.4, -0.2) is 12.3 Å². The van der Waals surface area contributed by atoms with E-state index in [0.717, 1.165) is 6.42 Å². The van der Waals surface area contributed by atoms with Crippen molar-refractivity contribution in [2.24, 2.45) is 0 Å². The van der Waals surface area contributed by atoms with Gasteiger partial charge in [-0.15, -0.1) is 0 Å². The Labute approximate surface area is 388 Å². The summed E-state index contributed by atoms with van der Waals surface area (Å²) in [7, 11) is 0. The Hall–Kier alpha value is -6.00. The second kappa shape index (κ2) is 13.5. The average molecular weight is 848 g/mol. The van der Waals surface area contributed by atoms with Crippen molar-refractivity contribution >= 4 is 68.6 Å². The molecule has 12 rings (SSSR count). The molecule has 1 fully saturated rings. The summed E-state index contributed by atoms with van der Waals surface area (Å²) < 4.78 is 0. The van der Waals surface area contributed by atoms with Crippen molar-refractivity contribution in [3.05, 3.63) is 185 Å². The predicted molar refractivity (Wildman–Crippen MR) is 277 cm³/mol. The van der Waals surface area contributed by atoms with E-state index in [1.807, 2.05) is 0 Å². The molecule has 4 aliphatic heterocycles. The van der Waals surface area contributed by atoms with Crippen molar-refractivity contribution in [1.82, 2.24) is 0 Å². The minimum Gasteiger partial charge on any atom is -0.334 e. The minimum atomic E-state index is -0.392. The topological polar surface area (TPSA) is 9.72 Å². The third kappa shape index (κ3) is 5.43. The summed E-state index contributed by atoms with van der Waals surface area (Å²) >= 11 is 0. The van der Waals surface area contributed by atoms with E-state index in [4.69, 9.17) is 0 Å². The zero-order valence-electron chi connectivity index (χ0n) is 40.1. The van der Waals surface area contributed by atoms with E-state index in [1.165, 1.54) is 120 Å². The number of hydrogen-bond acceptors (Lipinski definition) is 3. The van der Waals surface area contributed by atoms with Gasteiger partial charge in [-0.2, -0.15) is 0 Å². The molecule has 7 aromatic rings. The zero-order chi connectivity index (χ0) is 45.0. The van der Waals surface area contributed by atoms with Crippen molar-refractivity contribution in [3.63, 3.8) is 0 Å². The van der Waals surface area contributed by atoms with Crippen molar-refractivity contribution in [1.29, 1.82) is 0 Å². The lowest BCUT2D eigenvalue weighted by Gasteiger charge is -2.53. The molecule has 1 aliphatic carbocycles. The summed E-state index contributed by atoms with van der Waals surface area (Å²) in [6.45, 7) is 23.9. The standard InChI is InChI=1S/C61H62BN3/c1-39-35-48-55-51(36-39)64(44-31-27-41(28-32-44)58(5,6)7)53-38-45(65-49-23-15-14-21-46(49)59(8)33-16-17-34-60(59,65)9)37-52-56(53)62(55)54-47(61(48,10)42-19-12-11-13-20-42)22-18-24-50(54)63(52)43-29-25-40(26-30-43)57(2,3)4/h11-15,18-32,35-38H,16-17,33-34H2,1-10H3. The number of hydrogen-bond donors (Lipinski definition) is 0. The van der Waals surface area contributed by atoms with Gasteiger partial charge in [0.2, 0.25) is 0 Å². The molecule has 4 heteroatoms. The van der Waals surface area contributed by atoms with Crippen LogP contribution in [0, 0.1) is 6.92 Å². The summed E-state index contributed by atoms with van der Waals surface area (Å²) in [5, 5.41) is 0. The first-order valence-electron chi connectivity index (χ1n) is 24.3. The summed E-state index contributed by atoms with van der Waals surface area (Å²) in [5.41, 5.74) is 23.6. The van der Waals surface area contributed by atoms with Crippen LogP contribution in [-0.2, 0) is 21.7 Å². The van der Waals surface area contributed by atoms with Gasteiger partial charge in [-0.05, 0) is 154 Å². The number of nitrogens with zero attached hydrogens (tertiary/aromatic N) is 3. The van der Waals surface area contributed by atoms with Gasteiger partial charge in [0.1, 0.15) is 0 Å². The van der Waals surface area contributed by atoms with Gasteiger partial charge in [0.05, 0.1) is 5.54 Å². The Bertz CT molecular complexity index is 3080. The SMILES string of the molecule is Cc1cc2c3c(c1)C(C)(c1ccccc1)c1cccc4c1B3c1c(cc(N3c5ccccc5C5(C)CCCCC35C)cc1N2c1ccc(C(C)(C)C)cc1)N4c1ccc(C(C)(C)C)cc1. The summed E-state index contributed by atoms with van der Waals surface area (Å²) in [4.78, 5) is 8.09. The second-order valence-electron chi connectivity index (χ2n) is 22.7. The van der Waals surface area contributed by atoms with E-state index in [1.54, 1.807) is 0 Å². The third-order valence-corrected chi connectivity index (χ3v) is 17.0. The van der Waals surface area contributed by atoms with Crippen LogP contribution in [0.4, 0.5) is 45.5 Å². The molecule has 3 unspecified atom stereocenters. The van der Waals surface area contributed by atoms with Crippen LogP contribution in [0.25, 0.3) is 0 Å². The molecule has 5 aliphatic rings. The fourth-order valence-electron chi connectivity index (χ4n) is 13.4. The lowest BCUT2D eigenvalue weighted by molar-refractivity contribution is 0.195. The van der Waals surface area contributed by atoms with Crippen LogP contribution < -0.4 is 31.1 Å². The van der Waals surface area contributed by atoms with E-state index >= 15 is 0 Å². The molecule has 3 nitrogen and oxygen atoms in total. The number of anilines is 8. The van der Waals surface area contributed by atoms with Crippen molar-refractivity contribution in [2.75, 3.05) is 14.7 Å². The Morgan fingerprint density at radius 3 is 1.62 bits per heavy atom. The lowest BCUT2D eigenvalue weighted by Crippen LogP contribution is -2.67. The Morgan fingerprint density at radius 2 is 0.985 bits per heavy atom. The highest BCUT2D eigenvalue weighted by Gasteiger charge is 2.59. The van der Waals surface area contributed by atoms with Gasteiger partial charge in [-0.1, -0.05) is 152 Å². The highest BCUT2D eigenvalue weighted by molar-refractivity contribution is 7.01. The molecule has 3 atom stereocenters. The molecule has 0 bridgehead atoms. The molecule has 324 valence electrons. The quantitative estimate of drug-likeness (QED) is 0.163. The van der Waals surface area contributed by atoms with E-state index < -0.39 is 5.41 Å². The average Bonchev–Trinajstić information content (AvgIpc) is 3.50. The second-order valence-corrected chi connectivity index (χ2v) is 22.7. The molecule has 4 heterocycles. The fraction of sp³-hybridized carbons (Fsp3) is 0.311. The molecule has 0 amide bonds. The molecule has 65 heavy (non-hydrogen) atoms. The molecule has 0 spiro atoms. The molecule has 7 aromatic carbocycles. The van der Waals surface area contributed by atoms with Crippen LogP contribution in [0.5, 0.6) is 0 Å². The van der Waals surface area contributed by atoms with Gasteiger partial charge >= 0.3 is 0 Å². The Morgan fingerprint density at radius 1 is 0.462 bits per heavy atom. The Balaban J connectivity index is 1.22. The highest BCUT2D eigenvalue weighted by Crippen LogP contribution is 2.62. The maximum absolute atomic E-state index is 2.79. The van der Waals surface area contributed by atoms with Crippen molar-refractivity contribution in [3.8, 4) is 0 Å². The van der Waals surface area contributed by atoms with E-state index in [9.17, 15) is 0 Å². The van der Waals surface area contributed by atoms with E-state index in [0.29, 0.717) is 0 Å². The predicted octanol–water partition coefficient (Wildman–Crippen LogP) is 14.1. The summed E-state index contributed by atoms with van der Waals surface area (Å²) in [5.74, 6) is 0. The maximum Gasteiger partial charge on any atom is 0.252 e. The molecular weight excluding hydrogens is 786 g/mol. The van der Waals surface area contributed by atoms with Crippen LogP contribution in [0.3, 0.4) is 0 Å².